The van der Waals surface area contributed by atoms with E-state index in [0.717, 1.165) is 37.7 Å². The van der Waals surface area contributed by atoms with Crippen molar-refractivity contribution in [2.24, 2.45) is 11.8 Å². The summed E-state index contributed by atoms with van der Waals surface area (Å²) in [4.78, 5) is 53.3. The molecule has 3 amide bonds. The van der Waals surface area contributed by atoms with E-state index in [1.165, 1.54) is 4.90 Å². The van der Waals surface area contributed by atoms with Gasteiger partial charge in [-0.1, -0.05) is 37.0 Å². The Morgan fingerprint density at radius 3 is 2.61 bits per heavy atom. The molecule has 1 aromatic rings. The van der Waals surface area contributed by atoms with Crippen LogP contribution in [0.4, 0.5) is 5.69 Å². The topological polar surface area (TPSA) is 116 Å². The summed E-state index contributed by atoms with van der Waals surface area (Å²) in [5.74, 6) is -3.44. The minimum atomic E-state index is -1.34. The third kappa shape index (κ3) is 2.84. The van der Waals surface area contributed by atoms with Crippen molar-refractivity contribution in [2.75, 3.05) is 5.32 Å². The van der Waals surface area contributed by atoms with Crippen LogP contribution in [0.5, 0.6) is 0 Å². The molecule has 1 spiro atoms. The van der Waals surface area contributed by atoms with Crippen molar-refractivity contribution in [1.29, 1.82) is 0 Å². The SMILES string of the molecule is Cc1ccc2c(c1)[C@]1(N[C@@H](CCC(=O)O)[C@H]3C(=O)N(C4CCCCC4)C(=O)[C@@H]31)C(=O)N2. The van der Waals surface area contributed by atoms with Gasteiger partial charge in [0, 0.05) is 29.8 Å². The zero-order valence-corrected chi connectivity index (χ0v) is 17.5. The lowest BCUT2D eigenvalue weighted by atomic mass is 9.76. The Labute approximate surface area is 180 Å². The number of hydrogen-bond acceptors (Lipinski definition) is 5. The van der Waals surface area contributed by atoms with E-state index in [-0.39, 0.29) is 36.6 Å². The highest BCUT2D eigenvalue weighted by molar-refractivity contribution is 6.15. The fourth-order valence-electron chi connectivity index (χ4n) is 6.16. The monoisotopic (exact) mass is 425 g/mol. The highest BCUT2D eigenvalue weighted by Gasteiger charge is 2.70. The summed E-state index contributed by atoms with van der Waals surface area (Å²) in [7, 11) is 0. The zero-order chi connectivity index (χ0) is 21.9. The van der Waals surface area contributed by atoms with Crippen LogP contribution >= 0.6 is 0 Å². The second-order valence-corrected chi connectivity index (χ2v) is 9.34. The van der Waals surface area contributed by atoms with Crippen molar-refractivity contribution in [1.82, 2.24) is 10.2 Å². The predicted octanol–water partition coefficient (Wildman–Crippen LogP) is 1.91. The molecule has 5 rings (SSSR count). The molecule has 4 atom stereocenters. The maximum atomic E-state index is 13.8. The number of rotatable bonds is 4. The first-order valence-electron chi connectivity index (χ1n) is 11.1. The van der Waals surface area contributed by atoms with Gasteiger partial charge in [0.1, 0.15) is 5.54 Å². The van der Waals surface area contributed by atoms with Crippen LogP contribution in [0.15, 0.2) is 18.2 Å². The van der Waals surface area contributed by atoms with E-state index in [0.29, 0.717) is 11.3 Å². The van der Waals surface area contributed by atoms with Gasteiger partial charge in [0.25, 0.3) is 0 Å². The van der Waals surface area contributed by atoms with Crippen molar-refractivity contribution in [3.05, 3.63) is 29.3 Å². The van der Waals surface area contributed by atoms with Crippen LogP contribution in [-0.4, -0.2) is 45.8 Å². The molecule has 1 saturated carbocycles. The van der Waals surface area contributed by atoms with Crippen molar-refractivity contribution in [3.8, 4) is 0 Å². The van der Waals surface area contributed by atoms with Gasteiger partial charge in [-0.2, -0.15) is 0 Å². The summed E-state index contributed by atoms with van der Waals surface area (Å²) in [6.07, 6.45) is 4.69. The number of fused-ring (bicyclic) bond motifs is 4. The highest BCUT2D eigenvalue weighted by Crippen LogP contribution is 2.54. The Hall–Kier alpha value is -2.74. The number of carbonyl (C=O) groups is 4. The lowest BCUT2D eigenvalue weighted by Crippen LogP contribution is -2.54. The number of benzene rings is 1. The average Bonchev–Trinajstić information content (AvgIpc) is 3.32. The number of nitrogens with one attached hydrogen (secondary N) is 2. The van der Waals surface area contributed by atoms with Gasteiger partial charge in [-0.15, -0.1) is 0 Å². The second kappa shape index (κ2) is 7.15. The van der Waals surface area contributed by atoms with Crippen molar-refractivity contribution >= 4 is 29.4 Å². The van der Waals surface area contributed by atoms with Crippen LogP contribution in [0.3, 0.4) is 0 Å². The van der Waals surface area contributed by atoms with Crippen molar-refractivity contribution < 1.29 is 24.3 Å². The molecular weight excluding hydrogens is 398 g/mol. The van der Waals surface area contributed by atoms with Gasteiger partial charge in [0.05, 0.1) is 11.8 Å². The van der Waals surface area contributed by atoms with E-state index in [1.54, 1.807) is 0 Å². The van der Waals surface area contributed by atoms with Gasteiger partial charge in [0.2, 0.25) is 17.7 Å². The van der Waals surface area contributed by atoms with Gasteiger partial charge in [-0.3, -0.25) is 29.4 Å². The molecule has 3 aliphatic heterocycles. The molecule has 164 valence electrons. The molecule has 1 aliphatic carbocycles. The third-order valence-corrected chi connectivity index (χ3v) is 7.51. The smallest absolute Gasteiger partial charge is 0.303 e. The van der Waals surface area contributed by atoms with Crippen molar-refractivity contribution in [3.63, 3.8) is 0 Å². The van der Waals surface area contributed by atoms with Crippen LogP contribution in [0, 0.1) is 18.8 Å². The third-order valence-electron chi connectivity index (χ3n) is 7.51. The molecule has 4 aliphatic rings. The maximum absolute atomic E-state index is 13.8. The average molecular weight is 425 g/mol. The number of imide groups is 1. The summed E-state index contributed by atoms with van der Waals surface area (Å²) < 4.78 is 0. The lowest BCUT2D eigenvalue weighted by Gasteiger charge is -2.34. The molecule has 31 heavy (non-hydrogen) atoms. The van der Waals surface area contributed by atoms with Crippen LogP contribution in [0.25, 0.3) is 0 Å². The summed E-state index contributed by atoms with van der Waals surface area (Å²) >= 11 is 0. The van der Waals surface area contributed by atoms with E-state index in [4.69, 9.17) is 0 Å². The van der Waals surface area contributed by atoms with Gasteiger partial charge in [0.15, 0.2) is 0 Å². The molecule has 0 unspecified atom stereocenters. The number of carboxylic acid groups (broad SMARTS) is 1. The van der Waals surface area contributed by atoms with E-state index in [9.17, 15) is 24.3 Å². The Morgan fingerprint density at radius 1 is 1.16 bits per heavy atom. The van der Waals surface area contributed by atoms with Crippen LogP contribution in [0.2, 0.25) is 0 Å². The van der Waals surface area contributed by atoms with Crippen LogP contribution in [-0.2, 0) is 24.7 Å². The van der Waals surface area contributed by atoms with E-state index in [1.807, 2.05) is 25.1 Å². The fraction of sp³-hybridized carbons (Fsp3) is 0.565. The first kappa shape index (κ1) is 20.2. The molecule has 3 fully saturated rings. The van der Waals surface area contributed by atoms with E-state index < -0.39 is 29.4 Å². The highest BCUT2D eigenvalue weighted by atomic mass is 16.4. The maximum Gasteiger partial charge on any atom is 0.303 e. The molecule has 3 N–H and O–H groups in total. The molecule has 0 bridgehead atoms. The first-order valence-corrected chi connectivity index (χ1v) is 11.1. The molecular formula is C23H27N3O5. The van der Waals surface area contributed by atoms with Crippen molar-refractivity contribution in [2.45, 2.75) is 69.5 Å². The fourth-order valence-corrected chi connectivity index (χ4v) is 6.16. The number of carbonyl (C=O) groups excluding carboxylic acids is 3. The number of nitrogens with zero attached hydrogens (tertiary/aromatic N) is 1. The Kier molecular flexibility index (Phi) is 4.66. The number of likely N-dealkylation sites (tertiary alicyclic amines) is 1. The van der Waals surface area contributed by atoms with Gasteiger partial charge in [-0.05, 0) is 32.3 Å². The molecule has 0 aromatic heterocycles. The molecule has 3 heterocycles. The Morgan fingerprint density at radius 2 is 1.90 bits per heavy atom. The molecule has 2 saturated heterocycles. The van der Waals surface area contributed by atoms with Gasteiger partial charge < -0.3 is 10.4 Å². The number of aryl methyl sites for hydroxylation is 1. The van der Waals surface area contributed by atoms with E-state index in [2.05, 4.69) is 10.6 Å². The van der Waals surface area contributed by atoms with Crippen LogP contribution < -0.4 is 10.6 Å². The number of amides is 3. The summed E-state index contributed by atoms with van der Waals surface area (Å²) in [6.45, 7) is 1.92. The summed E-state index contributed by atoms with van der Waals surface area (Å²) in [5.41, 5.74) is 0.919. The first-order chi connectivity index (χ1) is 14.8. The molecule has 8 nitrogen and oxygen atoms in total. The number of anilines is 1. The molecule has 8 heteroatoms. The minimum Gasteiger partial charge on any atom is -0.481 e. The standard InChI is InChI=1S/C23H27N3O5/c1-12-7-8-15-14(11-12)23(22(31)24-15)19-18(16(25-23)9-10-17(27)28)20(29)26(21(19)30)13-5-3-2-4-6-13/h7-8,11,13,16,18-19,25H,2-6,9-10H2,1H3,(H,24,31)(H,27,28)/t16-,18+,19+,23+/m0/s1. The quantitative estimate of drug-likeness (QED) is 0.635. The Bertz CT molecular complexity index is 985. The normalized spacial score (nSPS) is 32.5. The number of hydrogen-bond donors (Lipinski definition) is 3. The number of aliphatic carboxylic acids is 1. The molecule has 0 radical (unpaired) electrons. The zero-order valence-electron chi connectivity index (χ0n) is 17.5. The minimum absolute atomic E-state index is 0.127. The second-order valence-electron chi connectivity index (χ2n) is 9.34. The van der Waals surface area contributed by atoms with Crippen LogP contribution in [0.1, 0.15) is 56.1 Å². The largest absolute Gasteiger partial charge is 0.481 e. The Balaban J connectivity index is 1.60. The summed E-state index contributed by atoms with van der Waals surface area (Å²) in [6, 6.07) is 4.92. The summed E-state index contributed by atoms with van der Waals surface area (Å²) in [5, 5.41) is 15.4. The van der Waals surface area contributed by atoms with Gasteiger partial charge in [-0.25, -0.2) is 0 Å². The molecule has 1 aromatic carbocycles. The van der Waals surface area contributed by atoms with E-state index >= 15 is 0 Å². The lowest BCUT2D eigenvalue weighted by molar-refractivity contribution is -0.146. The van der Waals surface area contributed by atoms with Gasteiger partial charge >= 0.3 is 5.97 Å². The predicted molar refractivity (Wildman–Crippen MR) is 111 cm³/mol. The number of carboxylic acids is 1.